The molecule has 2 N–H and O–H groups in total. The van der Waals surface area contributed by atoms with Gasteiger partial charge in [0.2, 0.25) is 0 Å². The van der Waals surface area contributed by atoms with E-state index in [4.69, 9.17) is 5.73 Å². The molecule has 3 nitrogen and oxygen atoms in total. The van der Waals surface area contributed by atoms with Crippen LogP contribution in [0.2, 0.25) is 0 Å². The molecule has 2 rings (SSSR count). The summed E-state index contributed by atoms with van der Waals surface area (Å²) in [6.07, 6.45) is 3.47. The van der Waals surface area contributed by atoms with Crippen LogP contribution in [-0.2, 0) is 6.42 Å². The van der Waals surface area contributed by atoms with Crippen molar-refractivity contribution in [1.29, 1.82) is 0 Å². The number of hydrogen-bond donors (Lipinski definition) is 1. The highest BCUT2D eigenvalue weighted by molar-refractivity contribution is 7.16. The van der Waals surface area contributed by atoms with E-state index in [1.54, 1.807) is 11.3 Å². The fraction of sp³-hybridized carbons (Fsp3) is 0.643. The smallest absolute Gasteiger partial charge is 0.257 e. The Bertz CT molecular complexity index is 449. The third-order valence-corrected chi connectivity index (χ3v) is 4.94. The first-order valence-corrected chi connectivity index (χ1v) is 7.62. The number of amides is 1. The average Bonchev–Trinajstić information content (AvgIpc) is 2.68. The molecule has 100 valence electrons. The van der Waals surface area contributed by atoms with E-state index in [-0.39, 0.29) is 5.91 Å². The molecule has 1 unspecified atom stereocenters. The van der Waals surface area contributed by atoms with Crippen molar-refractivity contribution in [2.45, 2.75) is 46.0 Å². The normalized spacial score (nSPS) is 18.5. The molecule has 4 heteroatoms. The molecule has 1 amide bonds. The SMILES string of the molecule is CCN(CC)C(=O)c1c(N)sc2c1C(C)CCC2. The molecular weight excluding hydrogens is 244 g/mol. The van der Waals surface area contributed by atoms with E-state index in [0.29, 0.717) is 10.9 Å². The van der Waals surface area contributed by atoms with Crippen LogP contribution in [0, 0.1) is 0 Å². The first-order chi connectivity index (χ1) is 8.60. The molecular formula is C14H22N2OS. The van der Waals surface area contributed by atoms with Gasteiger partial charge in [0.25, 0.3) is 5.91 Å². The Labute approximate surface area is 113 Å². The second kappa shape index (κ2) is 5.31. The summed E-state index contributed by atoms with van der Waals surface area (Å²) in [5.41, 5.74) is 8.14. The van der Waals surface area contributed by atoms with E-state index in [2.05, 4.69) is 6.92 Å². The number of nitrogen functional groups attached to an aromatic ring is 1. The number of fused-ring (bicyclic) bond motifs is 1. The molecule has 0 fully saturated rings. The van der Waals surface area contributed by atoms with E-state index in [9.17, 15) is 4.79 Å². The van der Waals surface area contributed by atoms with E-state index in [1.165, 1.54) is 23.3 Å². The maximum Gasteiger partial charge on any atom is 0.257 e. The van der Waals surface area contributed by atoms with Crippen LogP contribution in [0.3, 0.4) is 0 Å². The molecule has 0 saturated carbocycles. The van der Waals surface area contributed by atoms with Gasteiger partial charge in [-0.3, -0.25) is 4.79 Å². The van der Waals surface area contributed by atoms with E-state index < -0.39 is 0 Å². The molecule has 1 aliphatic rings. The highest BCUT2D eigenvalue weighted by Crippen LogP contribution is 2.42. The van der Waals surface area contributed by atoms with Crippen molar-refractivity contribution in [3.05, 3.63) is 16.0 Å². The van der Waals surface area contributed by atoms with Gasteiger partial charge >= 0.3 is 0 Å². The lowest BCUT2D eigenvalue weighted by atomic mass is 9.86. The summed E-state index contributed by atoms with van der Waals surface area (Å²) in [6.45, 7) is 7.73. The molecule has 1 aromatic rings. The van der Waals surface area contributed by atoms with Crippen molar-refractivity contribution in [3.8, 4) is 0 Å². The van der Waals surface area contributed by atoms with Gasteiger partial charge in [-0.1, -0.05) is 6.92 Å². The van der Waals surface area contributed by atoms with Crippen molar-refractivity contribution in [3.63, 3.8) is 0 Å². The Balaban J connectivity index is 2.44. The average molecular weight is 266 g/mol. The Morgan fingerprint density at radius 1 is 1.44 bits per heavy atom. The van der Waals surface area contributed by atoms with Gasteiger partial charge in [0.1, 0.15) is 0 Å². The van der Waals surface area contributed by atoms with E-state index in [1.807, 2.05) is 18.7 Å². The third-order valence-electron chi connectivity index (χ3n) is 3.85. The first kappa shape index (κ1) is 13.4. The zero-order valence-electron chi connectivity index (χ0n) is 11.5. The number of nitrogens with two attached hydrogens (primary N) is 1. The second-order valence-corrected chi connectivity index (χ2v) is 6.09. The number of thiophene rings is 1. The van der Waals surface area contributed by atoms with Crippen molar-refractivity contribution in [2.75, 3.05) is 18.8 Å². The predicted octanol–water partition coefficient (Wildman–Crippen LogP) is 3.25. The van der Waals surface area contributed by atoms with Gasteiger partial charge in [-0.05, 0) is 44.6 Å². The molecule has 0 aromatic carbocycles. The number of aryl methyl sites for hydroxylation is 1. The van der Waals surface area contributed by atoms with Crippen LogP contribution >= 0.6 is 11.3 Å². The van der Waals surface area contributed by atoms with Gasteiger partial charge in [-0.2, -0.15) is 0 Å². The highest BCUT2D eigenvalue weighted by atomic mass is 32.1. The van der Waals surface area contributed by atoms with Crippen LogP contribution in [0.25, 0.3) is 0 Å². The van der Waals surface area contributed by atoms with Gasteiger partial charge < -0.3 is 10.6 Å². The summed E-state index contributed by atoms with van der Waals surface area (Å²) in [5.74, 6) is 0.584. The summed E-state index contributed by atoms with van der Waals surface area (Å²) < 4.78 is 0. The Hall–Kier alpha value is -1.03. The Kier molecular flexibility index (Phi) is 3.95. The fourth-order valence-corrected chi connectivity index (χ4v) is 4.04. The Morgan fingerprint density at radius 2 is 2.11 bits per heavy atom. The minimum absolute atomic E-state index is 0.115. The summed E-state index contributed by atoms with van der Waals surface area (Å²) in [5, 5.41) is 0.714. The maximum absolute atomic E-state index is 12.6. The maximum atomic E-state index is 12.6. The number of rotatable bonds is 3. The number of hydrogen-bond acceptors (Lipinski definition) is 3. The lowest BCUT2D eigenvalue weighted by Gasteiger charge is -2.23. The van der Waals surface area contributed by atoms with Crippen LogP contribution in [0.15, 0.2) is 0 Å². The monoisotopic (exact) mass is 266 g/mol. The van der Waals surface area contributed by atoms with Crippen LogP contribution in [0.4, 0.5) is 5.00 Å². The quantitative estimate of drug-likeness (QED) is 0.912. The van der Waals surface area contributed by atoms with Gasteiger partial charge in [0.15, 0.2) is 0 Å². The number of carbonyl (C=O) groups is 1. The molecule has 1 aromatic heterocycles. The van der Waals surface area contributed by atoms with Crippen molar-refractivity contribution < 1.29 is 4.79 Å². The summed E-state index contributed by atoms with van der Waals surface area (Å²) in [4.78, 5) is 15.8. The zero-order chi connectivity index (χ0) is 13.3. The topological polar surface area (TPSA) is 46.3 Å². The molecule has 18 heavy (non-hydrogen) atoms. The molecule has 0 saturated heterocycles. The van der Waals surface area contributed by atoms with E-state index in [0.717, 1.165) is 25.1 Å². The summed E-state index contributed by atoms with van der Waals surface area (Å²) in [6, 6.07) is 0. The predicted molar refractivity (Wildman–Crippen MR) is 77.3 cm³/mol. The summed E-state index contributed by atoms with van der Waals surface area (Å²) >= 11 is 1.62. The summed E-state index contributed by atoms with van der Waals surface area (Å²) in [7, 11) is 0. The lowest BCUT2D eigenvalue weighted by molar-refractivity contribution is 0.0772. The lowest BCUT2D eigenvalue weighted by Crippen LogP contribution is -2.31. The van der Waals surface area contributed by atoms with Crippen LogP contribution in [0.5, 0.6) is 0 Å². The minimum Gasteiger partial charge on any atom is -0.390 e. The molecule has 0 radical (unpaired) electrons. The van der Waals surface area contributed by atoms with Gasteiger partial charge in [0.05, 0.1) is 10.6 Å². The first-order valence-electron chi connectivity index (χ1n) is 6.80. The number of carbonyl (C=O) groups excluding carboxylic acids is 1. The number of anilines is 1. The number of nitrogens with zero attached hydrogens (tertiary/aromatic N) is 1. The second-order valence-electron chi connectivity index (χ2n) is 4.95. The van der Waals surface area contributed by atoms with Crippen molar-refractivity contribution in [1.82, 2.24) is 4.90 Å². The molecule has 0 bridgehead atoms. The third kappa shape index (κ3) is 2.14. The fourth-order valence-electron chi connectivity index (χ4n) is 2.82. The molecule has 1 aliphatic carbocycles. The van der Waals surface area contributed by atoms with Crippen LogP contribution in [-0.4, -0.2) is 23.9 Å². The van der Waals surface area contributed by atoms with Gasteiger partial charge in [0, 0.05) is 18.0 Å². The van der Waals surface area contributed by atoms with Crippen LogP contribution in [0.1, 0.15) is 60.3 Å². The molecule has 1 atom stereocenters. The Morgan fingerprint density at radius 3 is 2.72 bits per heavy atom. The standard InChI is InChI=1S/C14H22N2OS/c1-4-16(5-2)14(17)12-11-9(3)7-6-8-10(11)18-13(12)15/h9H,4-8,15H2,1-3H3. The largest absolute Gasteiger partial charge is 0.390 e. The highest BCUT2D eigenvalue weighted by Gasteiger charge is 2.29. The minimum atomic E-state index is 0.115. The van der Waals surface area contributed by atoms with E-state index >= 15 is 0 Å². The van der Waals surface area contributed by atoms with Crippen molar-refractivity contribution in [2.24, 2.45) is 0 Å². The molecule has 0 spiro atoms. The van der Waals surface area contributed by atoms with Gasteiger partial charge in [-0.25, -0.2) is 0 Å². The zero-order valence-corrected chi connectivity index (χ0v) is 12.3. The van der Waals surface area contributed by atoms with Crippen molar-refractivity contribution >= 4 is 22.2 Å². The van der Waals surface area contributed by atoms with Gasteiger partial charge in [-0.15, -0.1) is 11.3 Å². The van der Waals surface area contributed by atoms with Crippen LogP contribution < -0.4 is 5.73 Å². The molecule has 1 heterocycles. The molecule has 0 aliphatic heterocycles.